The number of methoxy groups -OCH3 is 1. The zero-order valence-corrected chi connectivity index (χ0v) is 14.1. The van der Waals surface area contributed by atoms with E-state index >= 15 is 0 Å². The molecule has 4 heteroatoms. The van der Waals surface area contributed by atoms with Crippen LogP contribution < -0.4 is 10.2 Å². The molecule has 20 heavy (non-hydrogen) atoms. The van der Waals surface area contributed by atoms with Crippen molar-refractivity contribution in [3.05, 3.63) is 28.2 Å². The van der Waals surface area contributed by atoms with Crippen LogP contribution in [0.25, 0.3) is 0 Å². The molecule has 0 amide bonds. The fraction of sp³-hybridized carbons (Fsp3) is 0.625. The first kappa shape index (κ1) is 15.8. The number of benzene rings is 1. The van der Waals surface area contributed by atoms with Crippen molar-refractivity contribution in [1.82, 2.24) is 5.32 Å². The topological polar surface area (TPSA) is 24.5 Å². The molecular weight excluding hydrogens is 316 g/mol. The molecule has 2 rings (SSSR count). The molecule has 1 fully saturated rings. The number of ether oxygens (including phenoxy) is 1. The quantitative estimate of drug-likeness (QED) is 0.769. The molecule has 0 bridgehead atoms. The smallest absolute Gasteiger partial charge is 0.0510 e. The predicted molar refractivity (Wildman–Crippen MR) is 88.3 cm³/mol. The summed E-state index contributed by atoms with van der Waals surface area (Å²) in [6, 6.07) is 6.70. The van der Waals surface area contributed by atoms with Crippen molar-refractivity contribution in [2.24, 2.45) is 5.92 Å². The molecule has 1 unspecified atom stereocenters. The summed E-state index contributed by atoms with van der Waals surface area (Å²) in [7, 11) is 1.79. The minimum atomic E-state index is 0.665. The summed E-state index contributed by atoms with van der Waals surface area (Å²) in [6.07, 6.45) is 2.40. The lowest BCUT2D eigenvalue weighted by Crippen LogP contribution is -2.21. The van der Waals surface area contributed by atoms with Crippen molar-refractivity contribution >= 4 is 21.6 Å². The minimum Gasteiger partial charge on any atom is -0.384 e. The zero-order chi connectivity index (χ0) is 14.4. The maximum atomic E-state index is 5.27. The number of halogens is 1. The summed E-state index contributed by atoms with van der Waals surface area (Å²) in [5.74, 6) is 0.665. The number of nitrogens with zero attached hydrogens (tertiary/aromatic N) is 1. The highest BCUT2D eigenvalue weighted by Gasteiger charge is 2.23. The molecule has 1 aliphatic rings. The molecule has 0 saturated carbocycles. The van der Waals surface area contributed by atoms with Crippen LogP contribution in [-0.2, 0) is 11.3 Å². The van der Waals surface area contributed by atoms with Gasteiger partial charge in [0, 0.05) is 37.1 Å². The number of hydrogen-bond donors (Lipinski definition) is 1. The van der Waals surface area contributed by atoms with Crippen molar-refractivity contribution in [3.8, 4) is 0 Å². The summed E-state index contributed by atoms with van der Waals surface area (Å²) in [6.45, 7) is 7.30. The lowest BCUT2D eigenvalue weighted by atomic mass is 10.1. The Morgan fingerprint density at radius 3 is 3.00 bits per heavy atom. The van der Waals surface area contributed by atoms with E-state index in [0.717, 1.165) is 32.8 Å². The second kappa shape index (κ2) is 8.01. The summed E-state index contributed by atoms with van der Waals surface area (Å²) in [5, 5.41) is 3.44. The van der Waals surface area contributed by atoms with Gasteiger partial charge < -0.3 is 15.0 Å². The summed E-state index contributed by atoms with van der Waals surface area (Å²) < 4.78 is 6.47. The van der Waals surface area contributed by atoms with Crippen molar-refractivity contribution in [1.29, 1.82) is 0 Å². The Morgan fingerprint density at radius 1 is 1.45 bits per heavy atom. The standard InChI is InChI=1S/C16H25BrN2O/c1-3-7-18-10-13-4-5-16(15(17)9-13)19-8-6-14(11-19)12-20-2/h4-5,9,14,18H,3,6-8,10-12H2,1-2H3. The molecule has 1 heterocycles. The number of rotatable bonds is 7. The van der Waals surface area contributed by atoms with Crippen molar-refractivity contribution in [3.63, 3.8) is 0 Å². The molecule has 1 aromatic carbocycles. The van der Waals surface area contributed by atoms with E-state index in [1.165, 1.54) is 28.6 Å². The van der Waals surface area contributed by atoms with Crippen LogP contribution in [0.2, 0.25) is 0 Å². The van der Waals surface area contributed by atoms with Crippen LogP contribution in [0.1, 0.15) is 25.3 Å². The number of hydrogen-bond acceptors (Lipinski definition) is 3. The van der Waals surface area contributed by atoms with Gasteiger partial charge in [0.25, 0.3) is 0 Å². The van der Waals surface area contributed by atoms with Crippen molar-refractivity contribution in [2.75, 3.05) is 38.3 Å². The molecule has 112 valence electrons. The Hall–Kier alpha value is -0.580. The maximum absolute atomic E-state index is 5.27. The second-order valence-electron chi connectivity index (χ2n) is 5.52. The first-order valence-corrected chi connectivity index (χ1v) is 8.27. The van der Waals surface area contributed by atoms with Gasteiger partial charge in [0.1, 0.15) is 0 Å². The third kappa shape index (κ3) is 4.21. The fourth-order valence-electron chi connectivity index (χ4n) is 2.75. The lowest BCUT2D eigenvalue weighted by Gasteiger charge is -2.21. The number of anilines is 1. The highest BCUT2D eigenvalue weighted by atomic mass is 79.9. The Labute approximate surface area is 130 Å². The van der Waals surface area contributed by atoms with Crippen LogP contribution in [0.4, 0.5) is 5.69 Å². The van der Waals surface area contributed by atoms with Crippen LogP contribution >= 0.6 is 15.9 Å². The molecule has 1 saturated heterocycles. The van der Waals surface area contributed by atoms with E-state index in [2.05, 4.69) is 51.3 Å². The molecule has 0 spiro atoms. The van der Waals surface area contributed by atoms with Crippen molar-refractivity contribution in [2.45, 2.75) is 26.3 Å². The van der Waals surface area contributed by atoms with E-state index in [9.17, 15) is 0 Å². The van der Waals surface area contributed by atoms with E-state index in [4.69, 9.17) is 4.74 Å². The van der Waals surface area contributed by atoms with Crippen LogP contribution in [0, 0.1) is 5.92 Å². The Balaban J connectivity index is 1.96. The first-order chi connectivity index (χ1) is 9.74. The average molecular weight is 341 g/mol. The molecule has 3 nitrogen and oxygen atoms in total. The van der Waals surface area contributed by atoms with Crippen LogP contribution in [0.15, 0.2) is 22.7 Å². The molecule has 1 aliphatic heterocycles. The van der Waals surface area contributed by atoms with Gasteiger partial charge in [-0.25, -0.2) is 0 Å². The Morgan fingerprint density at radius 2 is 2.30 bits per heavy atom. The van der Waals surface area contributed by atoms with Gasteiger partial charge in [0.15, 0.2) is 0 Å². The van der Waals surface area contributed by atoms with Crippen molar-refractivity contribution < 1.29 is 4.74 Å². The van der Waals surface area contributed by atoms with Gasteiger partial charge >= 0.3 is 0 Å². The van der Waals surface area contributed by atoms with Gasteiger partial charge in [-0.15, -0.1) is 0 Å². The highest BCUT2D eigenvalue weighted by Crippen LogP contribution is 2.31. The third-order valence-corrected chi connectivity index (χ3v) is 4.43. The lowest BCUT2D eigenvalue weighted by molar-refractivity contribution is 0.161. The number of nitrogens with one attached hydrogen (secondary N) is 1. The normalized spacial score (nSPS) is 18.8. The molecule has 0 aromatic heterocycles. The largest absolute Gasteiger partial charge is 0.384 e. The molecule has 1 aromatic rings. The van der Waals surface area contributed by atoms with Gasteiger partial charge in [-0.1, -0.05) is 13.0 Å². The molecule has 0 aliphatic carbocycles. The Kier molecular flexibility index (Phi) is 6.33. The maximum Gasteiger partial charge on any atom is 0.0510 e. The molecule has 1 atom stereocenters. The highest BCUT2D eigenvalue weighted by molar-refractivity contribution is 9.10. The summed E-state index contributed by atoms with van der Waals surface area (Å²) >= 11 is 3.72. The SMILES string of the molecule is CCCNCc1ccc(N2CCC(COC)C2)c(Br)c1. The van der Waals surface area contributed by atoms with Gasteiger partial charge in [0.2, 0.25) is 0 Å². The second-order valence-corrected chi connectivity index (χ2v) is 6.37. The third-order valence-electron chi connectivity index (χ3n) is 3.80. The summed E-state index contributed by atoms with van der Waals surface area (Å²) in [4.78, 5) is 2.46. The van der Waals surface area contributed by atoms with Crippen LogP contribution in [0.3, 0.4) is 0 Å². The molecule has 1 N–H and O–H groups in total. The minimum absolute atomic E-state index is 0.665. The predicted octanol–water partition coefficient (Wildman–Crippen LogP) is 3.42. The van der Waals surface area contributed by atoms with Crippen LogP contribution in [-0.4, -0.2) is 33.4 Å². The fourth-order valence-corrected chi connectivity index (χ4v) is 3.43. The molecule has 0 radical (unpaired) electrons. The average Bonchev–Trinajstić information content (AvgIpc) is 2.88. The van der Waals surface area contributed by atoms with E-state index in [-0.39, 0.29) is 0 Å². The van der Waals surface area contributed by atoms with E-state index in [1.54, 1.807) is 7.11 Å². The molecular formula is C16H25BrN2O. The Bertz CT molecular complexity index is 425. The van der Waals surface area contributed by atoms with E-state index < -0.39 is 0 Å². The van der Waals surface area contributed by atoms with Gasteiger partial charge in [0.05, 0.1) is 12.3 Å². The van der Waals surface area contributed by atoms with Crippen LogP contribution in [0.5, 0.6) is 0 Å². The monoisotopic (exact) mass is 340 g/mol. The van der Waals surface area contributed by atoms with E-state index in [1.807, 2.05) is 0 Å². The van der Waals surface area contributed by atoms with E-state index in [0.29, 0.717) is 5.92 Å². The summed E-state index contributed by atoms with van der Waals surface area (Å²) in [5.41, 5.74) is 2.64. The van der Waals surface area contributed by atoms with Gasteiger partial charge in [-0.2, -0.15) is 0 Å². The first-order valence-electron chi connectivity index (χ1n) is 7.47. The van der Waals surface area contributed by atoms with Gasteiger partial charge in [-0.05, 0) is 53.0 Å². The zero-order valence-electron chi connectivity index (χ0n) is 12.5. The van der Waals surface area contributed by atoms with Gasteiger partial charge in [-0.3, -0.25) is 0 Å².